The zero-order chi connectivity index (χ0) is 12.1. The van der Waals surface area contributed by atoms with Gasteiger partial charge in [0, 0.05) is 33.8 Å². The fourth-order valence-electron chi connectivity index (χ4n) is 1.99. The fraction of sp³-hybridized carbons (Fsp3) is 1.00. The zero-order valence-corrected chi connectivity index (χ0v) is 11.6. The van der Waals surface area contributed by atoms with Gasteiger partial charge in [-0.1, -0.05) is 15.9 Å². The van der Waals surface area contributed by atoms with Crippen molar-refractivity contribution in [3.05, 3.63) is 0 Å². The molecule has 0 aromatic heterocycles. The van der Waals surface area contributed by atoms with Gasteiger partial charge in [-0.2, -0.15) is 0 Å². The minimum absolute atomic E-state index is 0.119. The second-order valence-corrected chi connectivity index (χ2v) is 4.18. The first kappa shape index (κ1) is 14.3. The first-order valence-electron chi connectivity index (χ1n) is 5.06. The summed E-state index contributed by atoms with van der Waals surface area (Å²) in [6.07, 6.45) is -1.25. The van der Waals surface area contributed by atoms with Crippen LogP contribution in [0.1, 0.15) is 0 Å². The van der Waals surface area contributed by atoms with Crippen LogP contribution in [-0.4, -0.2) is 64.5 Å². The molecule has 0 aromatic carbocycles. The SMILES string of the molecule is COC1O[C@H](CBr)[C@@H](OC)[C@H](OC)[C@@H]1OC. The summed E-state index contributed by atoms with van der Waals surface area (Å²) in [6.45, 7) is 0. The standard InChI is InChI=1S/C10H19BrO5/c1-12-7-6(5-11)16-10(15-4)9(14-3)8(7)13-2/h6-10H,5H2,1-4H3/t6-,7-,8+,9+,10?/m1/s1. The molecule has 0 bridgehead atoms. The molecule has 1 unspecified atom stereocenters. The zero-order valence-electron chi connectivity index (χ0n) is 10.0. The van der Waals surface area contributed by atoms with Crippen molar-refractivity contribution in [1.82, 2.24) is 0 Å². The second kappa shape index (κ2) is 6.88. The third kappa shape index (κ3) is 2.75. The van der Waals surface area contributed by atoms with E-state index in [0.717, 1.165) is 0 Å². The molecule has 0 saturated carbocycles. The smallest absolute Gasteiger partial charge is 0.186 e. The first-order chi connectivity index (χ1) is 7.73. The van der Waals surface area contributed by atoms with E-state index in [2.05, 4.69) is 15.9 Å². The molecule has 1 aliphatic heterocycles. The Morgan fingerprint density at radius 1 is 0.875 bits per heavy atom. The molecule has 0 spiro atoms. The number of methoxy groups -OCH3 is 4. The van der Waals surface area contributed by atoms with Crippen LogP contribution in [0.3, 0.4) is 0 Å². The van der Waals surface area contributed by atoms with E-state index in [4.69, 9.17) is 23.7 Å². The third-order valence-electron chi connectivity index (χ3n) is 2.79. The molecule has 5 nitrogen and oxygen atoms in total. The van der Waals surface area contributed by atoms with E-state index in [0.29, 0.717) is 5.33 Å². The summed E-state index contributed by atoms with van der Waals surface area (Å²) in [5, 5.41) is 0.654. The number of ether oxygens (including phenoxy) is 5. The van der Waals surface area contributed by atoms with Crippen LogP contribution in [0.25, 0.3) is 0 Å². The van der Waals surface area contributed by atoms with E-state index >= 15 is 0 Å². The summed E-state index contributed by atoms with van der Waals surface area (Å²) in [7, 11) is 6.46. The van der Waals surface area contributed by atoms with Crippen LogP contribution in [0.15, 0.2) is 0 Å². The molecule has 0 aromatic rings. The summed E-state index contributed by atoms with van der Waals surface area (Å²) in [5.74, 6) is 0. The lowest BCUT2D eigenvalue weighted by atomic mass is 9.99. The normalized spacial score (nSPS) is 39.9. The lowest BCUT2D eigenvalue weighted by molar-refractivity contribution is -0.297. The minimum atomic E-state index is -0.441. The number of alkyl halides is 1. The highest BCUT2D eigenvalue weighted by molar-refractivity contribution is 9.09. The number of hydrogen-bond donors (Lipinski definition) is 0. The van der Waals surface area contributed by atoms with Crippen LogP contribution in [0.2, 0.25) is 0 Å². The number of hydrogen-bond acceptors (Lipinski definition) is 5. The highest BCUT2D eigenvalue weighted by atomic mass is 79.9. The molecule has 1 saturated heterocycles. The maximum Gasteiger partial charge on any atom is 0.186 e. The van der Waals surface area contributed by atoms with Gasteiger partial charge in [0.2, 0.25) is 0 Å². The Kier molecular flexibility index (Phi) is 6.17. The quantitative estimate of drug-likeness (QED) is 0.703. The van der Waals surface area contributed by atoms with Gasteiger partial charge in [-0.15, -0.1) is 0 Å². The van der Waals surface area contributed by atoms with Gasteiger partial charge in [0.05, 0.1) is 6.10 Å². The van der Waals surface area contributed by atoms with Gasteiger partial charge in [-0.3, -0.25) is 0 Å². The van der Waals surface area contributed by atoms with Crippen molar-refractivity contribution in [2.45, 2.75) is 30.7 Å². The van der Waals surface area contributed by atoms with Crippen LogP contribution in [-0.2, 0) is 23.7 Å². The van der Waals surface area contributed by atoms with Crippen LogP contribution < -0.4 is 0 Å². The Balaban J connectivity index is 2.85. The minimum Gasteiger partial charge on any atom is -0.376 e. The van der Waals surface area contributed by atoms with Crippen LogP contribution in [0.5, 0.6) is 0 Å². The summed E-state index contributed by atoms with van der Waals surface area (Å²) in [5.41, 5.74) is 0. The van der Waals surface area contributed by atoms with Crippen molar-refractivity contribution < 1.29 is 23.7 Å². The summed E-state index contributed by atoms with van der Waals surface area (Å²) in [4.78, 5) is 0. The van der Waals surface area contributed by atoms with Gasteiger partial charge in [-0.05, 0) is 0 Å². The molecule has 1 aliphatic rings. The fourth-order valence-corrected chi connectivity index (χ4v) is 2.51. The van der Waals surface area contributed by atoms with E-state index in [1.807, 2.05) is 0 Å². The van der Waals surface area contributed by atoms with Crippen molar-refractivity contribution in [2.24, 2.45) is 0 Å². The average Bonchev–Trinajstić information content (AvgIpc) is 2.35. The first-order valence-corrected chi connectivity index (χ1v) is 6.18. The molecule has 96 valence electrons. The molecule has 16 heavy (non-hydrogen) atoms. The topological polar surface area (TPSA) is 46.2 Å². The van der Waals surface area contributed by atoms with Gasteiger partial charge < -0.3 is 23.7 Å². The summed E-state index contributed by atoms with van der Waals surface area (Å²) < 4.78 is 27.2. The van der Waals surface area contributed by atoms with Gasteiger partial charge in [0.15, 0.2) is 6.29 Å². The highest BCUT2D eigenvalue weighted by Crippen LogP contribution is 2.28. The summed E-state index contributed by atoms with van der Waals surface area (Å²) in [6, 6.07) is 0. The van der Waals surface area contributed by atoms with Crippen molar-refractivity contribution in [3.8, 4) is 0 Å². The Morgan fingerprint density at radius 3 is 1.81 bits per heavy atom. The van der Waals surface area contributed by atoms with E-state index in [1.54, 1.807) is 28.4 Å². The second-order valence-electron chi connectivity index (χ2n) is 3.53. The molecule has 6 heteroatoms. The Morgan fingerprint density at radius 2 is 1.44 bits per heavy atom. The molecule has 5 atom stereocenters. The Bertz CT molecular complexity index is 186. The molecule has 0 aliphatic carbocycles. The maximum absolute atomic E-state index is 5.72. The Hall–Kier alpha value is 0.280. The number of rotatable bonds is 5. The van der Waals surface area contributed by atoms with Crippen molar-refractivity contribution in [2.75, 3.05) is 33.8 Å². The maximum atomic E-state index is 5.72. The molecular formula is C10H19BrO5. The highest BCUT2D eigenvalue weighted by Gasteiger charge is 2.46. The van der Waals surface area contributed by atoms with Gasteiger partial charge >= 0.3 is 0 Å². The van der Waals surface area contributed by atoms with E-state index < -0.39 is 6.29 Å². The van der Waals surface area contributed by atoms with Crippen LogP contribution in [0.4, 0.5) is 0 Å². The van der Waals surface area contributed by atoms with Crippen molar-refractivity contribution >= 4 is 15.9 Å². The van der Waals surface area contributed by atoms with Crippen LogP contribution in [0, 0.1) is 0 Å². The molecule has 1 fully saturated rings. The predicted octanol–water partition coefficient (Wildman–Crippen LogP) is 0.798. The van der Waals surface area contributed by atoms with Gasteiger partial charge in [0.1, 0.15) is 18.3 Å². The lowest BCUT2D eigenvalue weighted by Gasteiger charge is -2.43. The largest absolute Gasteiger partial charge is 0.376 e. The van der Waals surface area contributed by atoms with Crippen molar-refractivity contribution in [3.63, 3.8) is 0 Å². The third-order valence-corrected chi connectivity index (χ3v) is 3.43. The van der Waals surface area contributed by atoms with Crippen molar-refractivity contribution in [1.29, 1.82) is 0 Å². The van der Waals surface area contributed by atoms with E-state index in [-0.39, 0.29) is 24.4 Å². The molecule has 1 rings (SSSR count). The molecule has 0 N–H and O–H groups in total. The van der Waals surface area contributed by atoms with E-state index in [1.165, 1.54) is 0 Å². The van der Waals surface area contributed by atoms with E-state index in [9.17, 15) is 0 Å². The lowest BCUT2D eigenvalue weighted by Crippen LogP contribution is -2.60. The monoisotopic (exact) mass is 298 g/mol. The summed E-state index contributed by atoms with van der Waals surface area (Å²) >= 11 is 3.39. The molecule has 1 heterocycles. The average molecular weight is 299 g/mol. The molecule has 0 amide bonds. The van der Waals surface area contributed by atoms with Gasteiger partial charge in [-0.25, -0.2) is 0 Å². The predicted molar refractivity (Wildman–Crippen MR) is 61.9 cm³/mol. The molecular weight excluding hydrogens is 280 g/mol. The molecule has 0 radical (unpaired) electrons. The Labute approximate surface area is 104 Å². The number of halogens is 1. The van der Waals surface area contributed by atoms with Gasteiger partial charge in [0.25, 0.3) is 0 Å². The van der Waals surface area contributed by atoms with Crippen LogP contribution >= 0.6 is 15.9 Å².